The molecule has 1 heterocycles. The van der Waals surface area contributed by atoms with E-state index in [1.165, 1.54) is 4.90 Å². The summed E-state index contributed by atoms with van der Waals surface area (Å²) in [6.45, 7) is 7.10. The van der Waals surface area contributed by atoms with E-state index in [1.807, 2.05) is 43.3 Å². The first kappa shape index (κ1) is 22.6. The summed E-state index contributed by atoms with van der Waals surface area (Å²) in [6.07, 6.45) is 0. The Kier molecular flexibility index (Phi) is 7.13. The number of hydrogen-bond acceptors (Lipinski definition) is 5. The summed E-state index contributed by atoms with van der Waals surface area (Å²) in [4.78, 5) is 27.2. The standard InChI is InChI=1S/C25H29NO5/c1-16(2)15-31-19-10-11-20(17(3)14-19)23(27)21-22(18-8-6-5-7-9-18)26(12-13-30-4)25(29)24(21)28/h5-11,14,16,22,27H,12-13,15H2,1-4H3. The van der Waals surface area contributed by atoms with E-state index in [1.54, 1.807) is 19.2 Å². The second kappa shape index (κ2) is 9.79. The molecule has 1 aliphatic heterocycles. The maximum atomic E-state index is 13.0. The zero-order valence-corrected chi connectivity index (χ0v) is 18.4. The fourth-order valence-corrected chi connectivity index (χ4v) is 3.68. The Morgan fingerprint density at radius 2 is 1.84 bits per heavy atom. The number of aliphatic hydroxyl groups is 1. The molecule has 1 aliphatic rings. The average molecular weight is 424 g/mol. The second-order valence-corrected chi connectivity index (χ2v) is 8.08. The van der Waals surface area contributed by atoms with E-state index in [4.69, 9.17) is 9.47 Å². The van der Waals surface area contributed by atoms with Gasteiger partial charge in [0, 0.05) is 19.2 Å². The van der Waals surface area contributed by atoms with E-state index >= 15 is 0 Å². The molecule has 0 radical (unpaired) electrons. The molecule has 1 unspecified atom stereocenters. The van der Waals surface area contributed by atoms with Crippen molar-refractivity contribution >= 4 is 17.4 Å². The predicted molar refractivity (Wildman–Crippen MR) is 119 cm³/mol. The van der Waals surface area contributed by atoms with Crippen molar-refractivity contribution < 1.29 is 24.2 Å². The zero-order chi connectivity index (χ0) is 22.5. The number of carbonyl (C=O) groups excluding carboxylic acids is 2. The van der Waals surface area contributed by atoms with E-state index in [0.717, 1.165) is 11.1 Å². The van der Waals surface area contributed by atoms with Gasteiger partial charge in [0.1, 0.15) is 11.5 Å². The molecule has 1 fully saturated rings. The molecule has 0 aliphatic carbocycles. The number of benzene rings is 2. The minimum absolute atomic E-state index is 0.0891. The molecule has 0 bridgehead atoms. The third kappa shape index (κ3) is 4.80. The van der Waals surface area contributed by atoms with Crippen molar-refractivity contribution in [2.45, 2.75) is 26.8 Å². The SMILES string of the molecule is COCCN1C(=O)C(=O)C(=C(O)c2ccc(OCC(C)C)cc2C)C1c1ccccc1. The summed E-state index contributed by atoms with van der Waals surface area (Å²) < 4.78 is 10.9. The fraction of sp³-hybridized carbons (Fsp3) is 0.360. The lowest BCUT2D eigenvalue weighted by Crippen LogP contribution is -2.32. The number of ether oxygens (including phenoxy) is 2. The number of amides is 1. The van der Waals surface area contributed by atoms with Crippen LogP contribution in [0.15, 0.2) is 54.1 Å². The van der Waals surface area contributed by atoms with Crippen LogP contribution < -0.4 is 4.74 Å². The van der Waals surface area contributed by atoms with Gasteiger partial charge in [0.2, 0.25) is 0 Å². The Labute approximate surface area is 183 Å². The Morgan fingerprint density at radius 3 is 2.45 bits per heavy atom. The molecule has 1 atom stereocenters. The van der Waals surface area contributed by atoms with Crippen LogP contribution in [0.4, 0.5) is 0 Å². The maximum Gasteiger partial charge on any atom is 0.295 e. The molecular weight excluding hydrogens is 394 g/mol. The van der Waals surface area contributed by atoms with Crippen molar-refractivity contribution in [2.75, 3.05) is 26.9 Å². The van der Waals surface area contributed by atoms with Gasteiger partial charge in [-0.05, 0) is 42.2 Å². The van der Waals surface area contributed by atoms with Crippen LogP contribution in [-0.4, -0.2) is 48.6 Å². The number of carbonyl (C=O) groups is 2. The molecule has 1 amide bonds. The topological polar surface area (TPSA) is 76.1 Å². The van der Waals surface area contributed by atoms with Gasteiger partial charge in [0.05, 0.1) is 24.8 Å². The minimum atomic E-state index is -0.693. The second-order valence-electron chi connectivity index (χ2n) is 8.08. The molecule has 6 nitrogen and oxygen atoms in total. The third-order valence-electron chi connectivity index (χ3n) is 5.23. The molecule has 3 rings (SSSR count). The molecular formula is C25H29NO5. The third-order valence-corrected chi connectivity index (χ3v) is 5.23. The van der Waals surface area contributed by atoms with Crippen LogP contribution in [0.1, 0.15) is 36.6 Å². The van der Waals surface area contributed by atoms with E-state index in [9.17, 15) is 14.7 Å². The van der Waals surface area contributed by atoms with Crippen LogP contribution in [-0.2, 0) is 14.3 Å². The van der Waals surface area contributed by atoms with Gasteiger partial charge >= 0.3 is 0 Å². The number of aryl methyl sites for hydroxylation is 1. The summed E-state index contributed by atoms with van der Waals surface area (Å²) in [5, 5.41) is 11.2. The Balaban J connectivity index is 2.06. The summed E-state index contributed by atoms with van der Waals surface area (Å²) in [5.74, 6) is -0.422. The molecule has 164 valence electrons. The van der Waals surface area contributed by atoms with Crippen LogP contribution in [0.3, 0.4) is 0 Å². The lowest BCUT2D eigenvalue weighted by atomic mass is 9.94. The van der Waals surface area contributed by atoms with Crippen molar-refractivity contribution in [3.8, 4) is 5.75 Å². The van der Waals surface area contributed by atoms with Gasteiger partial charge in [-0.15, -0.1) is 0 Å². The molecule has 0 spiro atoms. The largest absolute Gasteiger partial charge is 0.507 e. The predicted octanol–water partition coefficient (Wildman–Crippen LogP) is 4.10. The minimum Gasteiger partial charge on any atom is -0.507 e. The molecule has 0 saturated carbocycles. The number of ketones is 1. The zero-order valence-electron chi connectivity index (χ0n) is 18.4. The van der Waals surface area contributed by atoms with E-state index < -0.39 is 17.7 Å². The summed E-state index contributed by atoms with van der Waals surface area (Å²) in [7, 11) is 1.54. The monoisotopic (exact) mass is 423 g/mol. The molecule has 31 heavy (non-hydrogen) atoms. The van der Waals surface area contributed by atoms with Crippen LogP contribution in [0.2, 0.25) is 0 Å². The van der Waals surface area contributed by atoms with Crippen molar-refractivity contribution in [1.82, 2.24) is 4.90 Å². The number of nitrogens with zero attached hydrogens (tertiary/aromatic N) is 1. The van der Waals surface area contributed by atoms with Crippen LogP contribution in [0.25, 0.3) is 5.76 Å². The highest BCUT2D eigenvalue weighted by Gasteiger charge is 2.45. The lowest BCUT2D eigenvalue weighted by molar-refractivity contribution is -0.140. The molecule has 2 aromatic carbocycles. The number of aliphatic hydroxyl groups excluding tert-OH is 1. The molecule has 1 saturated heterocycles. The van der Waals surface area contributed by atoms with Gasteiger partial charge in [0.25, 0.3) is 11.7 Å². The first-order valence-corrected chi connectivity index (χ1v) is 10.4. The van der Waals surface area contributed by atoms with Crippen LogP contribution in [0.5, 0.6) is 5.75 Å². The van der Waals surface area contributed by atoms with E-state index in [2.05, 4.69) is 13.8 Å². The van der Waals surface area contributed by atoms with Gasteiger partial charge < -0.3 is 19.5 Å². The van der Waals surface area contributed by atoms with Crippen molar-refractivity contribution in [3.05, 3.63) is 70.8 Å². The van der Waals surface area contributed by atoms with Crippen molar-refractivity contribution in [3.63, 3.8) is 0 Å². The number of rotatable bonds is 8. The van der Waals surface area contributed by atoms with Crippen molar-refractivity contribution in [2.24, 2.45) is 5.92 Å². The Hall–Kier alpha value is -3.12. The first-order valence-electron chi connectivity index (χ1n) is 10.4. The quantitative estimate of drug-likeness (QED) is 0.393. The van der Waals surface area contributed by atoms with E-state index in [-0.39, 0.29) is 24.5 Å². The van der Waals surface area contributed by atoms with Crippen molar-refractivity contribution in [1.29, 1.82) is 0 Å². The number of methoxy groups -OCH3 is 1. The summed E-state index contributed by atoms with van der Waals surface area (Å²) in [6, 6.07) is 13.9. The Morgan fingerprint density at radius 1 is 1.13 bits per heavy atom. The van der Waals surface area contributed by atoms with Gasteiger partial charge in [-0.25, -0.2) is 0 Å². The van der Waals surface area contributed by atoms with Gasteiger partial charge in [-0.1, -0.05) is 44.2 Å². The normalized spacial score (nSPS) is 18.1. The molecule has 6 heteroatoms. The molecule has 1 N–H and O–H groups in total. The average Bonchev–Trinajstić information content (AvgIpc) is 3.01. The van der Waals surface area contributed by atoms with Crippen LogP contribution in [0, 0.1) is 12.8 Å². The van der Waals surface area contributed by atoms with Crippen LogP contribution >= 0.6 is 0 Å². The van der Waals surface area contributed by atoms with Gasteiger partial charge in [0.15, 0.2) is 0 Å². The number of Topliss-reactive ketones (excluding diaryl/α,β-unsaturated/α-hetero) is 1. The van der Waals surface area contributed by atoms with Gasteiger partial charge in [-0.3, -0.25) is 9.59 Å². The molecule has 2 aromatic rings. The highest BCUT2D eigenvalue weighted by molar-refractivity contribution is 6.46. The fourth-order valence-electron chi connectivity index (χ4n) is 3.68. The first-order chi connectivity index (χ1) is 14.8. The Bertz CT molecular complexity index is 981. The smallest absolute Gasteiger partial charge is 0.295 e. The van der Waals surface area contributed by atoms with Gasteiger partial charge in [-0.2, -0.15) is 0 Å². The lowest BCUT2D eigenvalue weighted by Gasteiger charge is -2.25. The summed E-state index contributed by atoms with van der Waals surface area (Å²) in [5.41, 5.74) is 2.11. The summed E-state index contributed by atoms with van der Waals surface area (Å²) >= 11 is 0. The molecule has 0 aromatic heterocycles. The van der Waals surface area contributed by atoms with E-state index in [0.29, 0.717) is 23.8 Å². The number of likely N-dealkylation sites (tertiary alicyclic amines) is 1. The highest BCUT2D eigenvalue weighted by atomic mass is 16.5. The number of hydrogen-bond donors (Lipinski definition) is 1. The maximum absolute atomic E-state index is 13.0. The highest BCUT2D eigenvalue weighted by Crippen LogP contribution is 2.39.